The first-order valence-electron chi connectivity index (χ1n) is 5.39. The first-order valence-corrected chi connectivity index (χ1v) is 5.82. The van der Waals surface area contributed by atoms with Gasteiger partial charge in [-0.1, -0.05) is 19.3 Å². The summed E-state index contributed by atoms with van der Waals surface area (Å²) in [6.45, 7) is 0. The summed E-state index contributed by atoms with van der Waals surface area (Å²) in [7, 11) is 0. The quantitative estimate of drug-likeness (QED) is 0.505. The lowest BCUT2D eigenvalue weighted by molar-refractivity contribution is -0.109. The summed E-state index contributed by atoms with van der Waals surface area (Å²) < 4.78 is 0. The van der Waals surface area contributed by atoms with Gasteiger partial charge in [-0.25, -0.2) is 0 Å². The van der Waals surface area contributed by atoms with Crippen LogP contribution in [-0.2, 0) is 4.79 Å². The second kappa shape index (κ2) is 3.61. The molecular formula is C11H17ClO. The van der Waals surface area contributed by atoms with Crippen molar-refractivity contribution < 1.29 is 4.79 Å². The number of aldehydes is 1. The van der Waals surface area contributed by atoms with Crippen LogP contribution in [0, 0.1) is 11.3 Å². The van der Waals surface area contributed by atoms with Crippen LogP contribution < -0.4 is 0 Å². The number of hydrogen-bond acceptors (Lipinski definition) is 1. The van der Waals surface area contributed by atoms with Crippen molar-refractivity contribution in [3.63, 3.8) is 0 Å². The molecule has 0 N–H and O–H groups in total. The minimum absolute atomic E-state index is 0.212. The Hall–Kier alpha value is -0.0400. The number of rotatable bonds is 3. The van der Waals surface area contributed by atoms with E-state index in [4.69, 9.17) is 11.6 Å². The number of alkyl halides is 1. The molecule has 0 aromatic carbocycles. The van der Waals surface area contributed by atoms with Gasteiger partial charge in [0.05, 0.1) is 5.38 Å². The molecule has 0 heterocycles. The van der Waals surface area contributed by atoms with Crippen LogP contribution in [0.15, 0.2) is 0 Å². The molecule has 0 bridgehead atoms. The Labute approximate surface area is 84.8 Å². The van der Waals surface area contributed by atoms with Gasteiger partial charge in [0, 0.05) is 0 Å². The van der Waals surface area contributed by atoms with E-state index < -0.39 is 0 Å². The van der Waals surface area contributed by atoms with Crippen molar-refractivity contribution in [2.24, 2.45) is 11.3 Å². The van der Waals surface area contributed by atoms with Crippen molar-refractivity contribution in [2.45, 2.75) is 50.3 Å². The van der Waals surface area contributed by atoms with Gasteiger partial charge in [0.2, 0.25) is 0 Å². The molecule has 0 radical (unpaired) electrons. The maximum Gasteiger partial charge on any atom is 0.138 e. The Bertz CT molecular complexity index is 192. The summed E-state index contributed by atoms with van der Waals surface area (Å²) in [5.41, 5.74) is 0.226. The maximum atomic E-state index is 10.7. The molecule has 2 heteroatoms. The predicted octanol–water partition coefficient (Wildman–Crippen LogP) is 3.15. The van der Waals surface area contributed by atoms with Gasteiger partial charge >= 0.3 is 0 Å². The Kier molecular flexibility index (Phi) is 2.64. The second-order valence-corrected chi connectivity index (χ2v) is 5.08. The third-order valence-corrected chi connectivity index (χ3v) is 4.45. The molecule has 0 aromatic heterocycles. The van der Waals surface area contributed by atoms with Crippen LogP contribution in [0.5, 0.6) is 0 Å². The van der Waals surface area contributed by atoms with Gasteiger partial charge in [-0.15, -0.1) is 11.6 Å². The second-order valence-electron chi connectivity index (χ2n) is 4.61. The van der Waals surface area contributed by atoms with E-state index in [0.717, 1.165) is 12.2 Å². The van der Waals surface area contributed by atoms with Gasteiger partial charge in [-0.2, -0.15) is 0 Å². The average molecular weight is 201 g/mol. The zero-order chi connectivity index (χ0) is 9.31. The van der Waals surface area contributed by atoms with Crippen LogP contribution >= 0.6 is 11.6 Å². The van der Waals surface area contributed by atoms with E-state index in [1.807, 2.05) is 0 Å². The molecular weight excluding hydrogens is 184 g/mol. The third kappa shape index (κ3) is 1.63. The molecule has 74 valence electrons. The normalized spacial score (nSPS) is 29.6. The van der Waals surface area contributed by atoms with E-state index in [9.17, 15) is 4.79 Å². The van der Waals surface area contributed by atoms with Crippen molar-refractivity contribution in [1.29, 1.82) is 0 Å². The van der Waals surface area contributed by atoms with Gasteiger partial charge in [0.1, 0.15) is 6.29 Å². The standard InChI is InChI=1S/C11H17ClO/c12-10(8-13)11(6-7-11)9-4-2-1-3-5-9/h8-10H,1-7H2. The first-order chi connectivity index (χ1) is 6.29. The Morgan fingerprint density at radius 3 is 2.31 bits per heavy atom. The SMILES string of the molecule is O=CC(Cl)C1(C2CCCCC2)CC1. The van der Waals surface area contributed by atoms with Crippen LogP contribution in [0.1, 0.15) is 44.9 Å². The Morgan fingerprint density at radius 1 is 1.23 bits per heavy atom. The molecule has 1 atom stereocenters. The minimum Gasteiger partial charge on any atom is -0.302 e. The highest BCUT2D eigenvalue weighted by Gasteiger charge is 2.53. The lowest BCUT2D eigenvalue weighted by Gasteiger charge is -2.31. The molecule has 0 aliphatic heterocycles. The van der Waals surface area contributed by atoms with Crippen LogP contribution in [0.2, 0.25) is 0 Å². The van der Waals surface area contributed by atoms with Gasteiger partial charge in [-0.05, 0) is 37.0 Å². The highest BCUT2D eigenvalue weighted by Crippen LogP contribution is 2.59. The molecule has 0 spiro atoms. The van der Waals surface area contributed by atoms with E-state index >= 15 is 0 Å². The molecule has 0 aromatic rings. The Balaban J connectivity index is 2.01. The van der Waals surface area contributed by atoms with Gasteiger partial charge in [0.15, 0.2) is 0 Å². The molecule has 1 nitrogen and oxygen atoms in total. The van der Waals surface area contributed by atoms with Crippen LogP contribution in [-0.4, -0.2) is 11.7 Å². The van der Waals surface area contributed by atoms with E-state index in [-0.39, 0.29) is 10.8 Å². The largest absolute Gasteiger partial charge is 0.302 e. The van der Waals surface area contributed by atoms with E-state index in [1.165, 1.54) is 44.9 Å². The number of carbonyl (C=O) groups is 1. The van der Waals surface area contributed by atoms with Crippen molar-refractivity contribution in [3.8, 4) is 0 Å². The lowest BCUT2D eigenvalue weighted by atomic mass is 9.76. The summed E-state index contributed by atoms with van der Waals surface area (Å²) in [5.74, 6) is 0.744. The van der Waals surface area contributed by atoms with Gasteiger partial charge in [0.25, 0.3) is 0 Å². The van der Waals surface area contributed by atoms with Gasteiger partial charge < -0.3 is 4.79 Å². The van der Waals surface area contributed by atoms with Crippen LogP contribution in [0.3, 0.4) is 0 Å². The predicted molar refractivity (Wildman–Crippen MR) is 53.9 cm³/mol. The molecule has 2 saturated carbocycles. The maximum absolute atomic E-state index is 10.7. The molecule has 2 fully saturated rings. The van der Waals surface area contributed by atoms with E-state index in [1.54, 1.807) is 0 Å². The summed E-state index contributed by atoms with van der Waals surface area (Å²) in [6.07, 6.45) is 9.98. The molecule has 0 amide bonds. The summed E-state index contributed by atoms with van der Waals surface area (Å²) in [5, 5.41) is -0.212. The lowest BCUT2D eigenvalue weighted by Crippen LogP contribution is -2.28. The zero-order valence-electron chi connectivity index (χ0n) is 7.97. The molecule has 2 aliphatic carbocycles. The minimum atomic E-state index is -0.212. The summed E-state index contributed by atoms with van der Waals surface area (Å²) in [4.78, 5) is 10.7. The highest BCUT2D eigenvalue weighted by molar-refractivity contribution is 6.28. The third-order valence-electron chi connectivity index (χ3n) is 3.91. The number of carbonyl (C=O) groups excluding carboxylic acids is 1. The molecule has 1 unspecified atom stereocenters. The fourth-order valence-corrected chi connectivity index (χ4v) is 3.26. The molecule has 13 heavy (non-hydrogen) atoms. The fraction of sp³-hybridized carbons (Fsp3) is 0.909. The molecule has 0 saturated heterocycles. The van der Waals surface area contributed by atoms with E-state index in [0.29, 0.717) is 0 Å². The fourth-order valence-electron chi connectivity index (χ4n) is 2.87. The monoisotopic (exact) mass is 200 g/mol. The summed E-state index contributed by atoms with van der Waals surface area (Å²) in [6, 6.07) is 0. The smallest absolute Gasteiger partial charge is 0.138 e. The topological polar surface area (TPSA) is 17.1 Å². The number of halogens is 1. The molecule has 2 rings (SSSR count). The van der Waals surface area contributed by atoms with Crippen molar-refractivity contribution in [1.82, 2.24) is 0 Å². The van der Waals surface area contributed by atoms with Crippen LogP contribution in [0.25, 0.3) is 0 Å². The van der Waals surface area contributed by atoms with Crippen molar-refractivity contribution in [2.75, 3.05) is 0 Å². The molecule has 2 aliphatic rings. The highest BCUT2D eigenvalue weighted by atomic mass is 35.5. The zero-order valence-corrected chi connectivity index (χ0v) is 8.72. The van der Waals surface area contributed by atoms with Gasteiger partial charge in [-0.3, -0.25) is 0 Å². The first kappa shape index (κ1) is 9.51. The average Bonchev–Trinajstić information content (AvgIpc) is 2.99. The van der Waals surface area contributed by atoms with Crippen molar-refractivity contribution >= 4 is 17.9 Å². The number of hydrogen-bond donors (Lipinski definition) is 0. The van der Waals surface area contributed by atoms with Crippen LogP contribution in [0.4, 0.5) is 0 Å². The van der Waals surface area contributed by atoms with Crippen molar-refractivity contribution in [3.05, 3.63) is 0 Å². The van der Waals surface area contributed by atoms with E-state index in [2.05, 4.69) is 0 Å². The Morgan fingerprint density at radius 2 is 1.85 bits per heavy atom. The summed E-state index contributed by atoms with van der Waals surface area (Å²) >= 11 is 6.08.